The molecule has 184 valence electrons. The molecule has 0 radical (unpaired) electrons. The van der Waals surface area contributed by atoms with Crippen molar-refractivity contribution in [2.24, 2.45) is 0 Å². The number of ether oxygens (including phenoxy) is 2. The van der Waals surface area contributed by atoms with Crippen molar-refractivity contribution in [3.8, 4) is 28.4 Å². The highest BCUT2D eigenvalue weighted by Crippen LogP contribution is 2.66. The van der Waals surface area contributed by atoms with Gasteiger partial charge in [-0.15, -0.1) is 0 Å². The van der Waals surface area contributed by atoms with E-state index in [0.717, 1.165) is 11.1 Å². The van der Waals surface area contributed by atoms with Crippen LogP contribution in [0.1, 0.15) is 33.3 Å². The summed E-state index contributed by atoms with van der Waals surface area (Å²) in [5.41, 5.74) is 2.64. The van der Waals surface area contributed by atoms with Crippen LogP contribution in [0.5, 0.6) is 17.2 Å². The summed E-state index contributed by atoms with van der Waals surface area (Å²) in [7, 11) is -3.57. The summed E-state index contributed by atoms with van der Waals surface area (Å²) in [6, 6.07) is 19.7. The van der Waals surface area contributed by atoms with E-state index >= 15 is 0 Å². The van der Waals surface area contributed by atoms with E-state index in [1.807, 2.05) is 56.3 Å². The van der Waals surface area contributed by atoms with Gasteiger partial charge in [-0.05, 0) is 63.1 Å². The molecule has 4 rings (SSSR count). The van der Waals surface area contributed by atoms with Crippen LogP contribution in [0.15, 0.2) is 91.0 Å². The zero-order chi connectivity index (χ0) is 26.3. The summed E-state index contributed by atoms with van der Waals surface area (Å²) in [4.78, 5) is 24.5. The molecule has 1 aliphatic rings. The maximum Gasteiger partial charge on any atom is 0.338 e. The average molecular weight is 503 g/mol. The van der Waals surface area contributed by atoms with Crippen molar-refractivity contribution in [1.82, 2.24) is 0 Å². The SMILES string of the molecule is C=C(C)C(=O)Oc1ccc(C(C)(C)P2(=O)Oc3ccccc3-c3ccccc32)cc1OC(=O)C(=C)C. The second-order valence-corrected chi connectivity index (χ2v) is 12.1. The van der Waals surface area contributed by atoms with E-state index in [4.69, 9.17) is 14.0 Å². The van der Waals surface area contributed by atoms with Gasteiger partial charge in [0.25, 0.3) is 7.37 Å². The zero-order valence-corrected chi connectivity index (χ0v) is 21.6. The lowest BCUT2D eigenvalue weighted by Gasteiger charge is -2.39. The van der Waals surface area contributed by atoms with Crippen LogP contribution in [0.3, 0.4) is 0 Å². The maximum absolute atomic E-state index is 14.8. The van der Waals surface area contributed by atoms with Gasteiger partial charge in [0.2, 0.25) is 0 Å². The first-order valence-corrected chi connectivity index (χ1v) is 13.0. The molecular weight excluding hydrogens is 475 g/mol. The van der Waals surface area contributed by atoms with E-state index in [2.05, 4.69) is 13.2 Å². The quantitative estimate of drug-likeness (QED) is 0.165. The van der Waals surface area contributed by atoms with Crippen molar-refractivity contribution in [1.29, 1.82) is 0 Å². The Balaban J connectivity index is 1.85. The first-order valence-electron chi connectivity index (χ1n) is 11.3. The molecule has 0 saturated carbocycles. The van der Waals surface area contributed by atoms with E-state index in [0.29, 0.717) is 16.6 Å². The van der Waals surface area contributed by atoms with Crippen molar-refractivity contribution < 1.29 is 28.2 Å². The molecule has 7 heteroatoms. The van der Waals surface area contributed by atoms with Crippen molar-refractivity contribution >= 4 is 24.6 Å². The summed E-state index contributed by atoms with van der Waals surface area (Å²) in [6.45, 7) is 13.9. The number of benzene rings is 3. The van der Waals surface area contributed by atoms with E-state index in [9.17, 15) is 14.2 Å². The van der Waals surface area contributed by atoms with Crippen LogP contribution < -0.4 is 19.3 Å². The van der Waals surface area contributed by atoms with Crippen molar-refractivity contribution in [3.63, 3.8) is 0 Å². The summed E-state index contributed by atoms with van der Waals surface area (Å²) < 4.78 is 32.0. The van der Waals surface area contributed by atoms with Gasteiger partial charge in [0, 0.05) is 16.7 Å². The Kier molecular flexibility index (Phi) is 6.50. The molecule has 1 heterocycles. The Hall–Kier alpha value is -3.89. The predicted molar refractivity (Wildman–Crippen MR) is 140 cm³/mol. The first-order chi connectivity index (χ1) is 17.0. The van der Waals surface area contributed by atoms with Gasteiger partial charge >= 0.3 is 11.9 Å². The molecule has 0 saturated heterocycles. The van der Waals surface area contributed by atoms with Gasteiger partial charge in [-0.1, -0.05) is 55.6 Å². The molecule has 6 nitrogen and oxygen atoms in total. The maximum atomic E-state index is 14.8. The van der Waals surface area contributed by atoms with E-state index in [1.165, 1.54) is 19.9 Å². The molecule has 0 aliphatic carbocycles. The minimum absolute atomic E-state index is 0.000435. The molecule has 1 unspecified atom stereocenters. The molecule has 36 heavy (non-hydrogen) atoms. The second kappa shape index (κ2) is 9.29. The topological polar surface area (TPSA) is 78.9 Å². The third-order valence-corrected chi connectivity index (χ3v) is 9.32. The number of carbonyl (C=O) groups excluding carboxylic acids is 2. The molecule has 1 aliphatic heterocycles. The molecule has 0 spiro atoms. The fourth-order valence-electron chi connectivity index (χ4n) is 3.93. The number of rotatable bonds is 6. The fraction of sp³-hybridized carbons (Fsp3) is 0.172. The van der Waals surface area contributed by atoms with Crippen LogP contribution in [-0.4, -0.2) is 11.9 Å². The molecule has 3 aromatic carbocycles. The van der Waals surface area contributed by atoms with Gasteiger partial charge in [0.15, 0.2) is 11.5 Å². The van der Waals surface area contributed by atoms with E-state index in [-0.39, 0.29) is 22.6 Å². The average Bonchev–Trinajstić information content (AvgIpc) is 2.84. The number of hydrogen-bond acceptors (Lipinski definition) is 6. The van der Waals surface area contributed by atoms with Crippen LogP contribution >= 0.6 is 7.37 Å². The summed E-state index contributed by atoms with van der Waals surface area (Å²) in [5.74, 6) is -0.777. The highest BCUT2D eigenvalue weighted by atomic mass is 31.2. The Labute approximate surface area is 210 Å². The lowest BCUT2D eigenvalue weighted by Crippen LogP contribution is -2.31. The summed E-state index contributed by atoms with van der Waals surface area (Å²) >= 11 is 0. The Bertz CT molecular complexity index is 1470. The molecule has 1 atom stereocenters. The Morgan fingerprint density at radius 3 is 2.00 bits per heavy atom. The number of fused-ring (bicyclic) bond motifs is 3. The van der Waals surface area contributed by atoms with Crippen LogP contribution in [0.2, 0.25) is 0 Å². The second-order valence-electron chi connectivity index (χ2n) is 9.22. The normalized spacial score (nSPS) is 16.1. The number of carbonyl (C=O) groups is 2. The zero-order valence-electron chi connectivity index (χ0n) is 20.7. The van der Waals surface area contributed by atoms with Gasteiger partial charge in [-0.3, -0.25) is 4.57 Å². The smallest absolute Gasteiger partial charge is 0.338 e. The highest BCUT2D eigenvalue weighted by molar-refractivity contribution is 7.68. The van der Waals surface area contributed by atoms with Crippen molar-refractivity contribution in [3.05, 3.63) is 96.6 Å². The third kappa shape index (κ3) is 4.29. The van der Waals surface area contributed by atoms with E-state index < -0.39 is 24.5 Å². The van der Waals surface area contributed by atoms with Crippen LogP contribution in [-0.2, 0) is 19.3 Å². The monoisotopic (exact) mass is 502 g/mol. The van der Waals surface area contributed by atoms with Gasteiger partial charge < -0.3 is 14.0 Å². The lowest BCUT2D eigenvalue weighted by molar-refractivity contribution is -0.132. The summed E-state index contributed by atoms with van der Waals surface area (Å²) in [6.07, 6.45) is 0. The fourth-order valence-corrected chi connectivity index (χ4v) is 6.56. The van der Waals surface area contributed by atoms with Crippen LogP contribution in [0, 0.1) is 0 Å². The summed E-state index contributed by atoms with van der Waals surface area (Å²) in [5, 5.41) is -0.454. The first kappa shape index (κ1) is 25.2. The lowest BCUT2D eigenvalue weighted by atomic mass is 10.0. The molecule has 0 amide bonds. The van der Waals surface area contributed by atoms with Gasteiger partial charge in [0.05, 0.1) is 10.5 Å². The predicted octanol–water partition coefficient (Wildman–Crippen LogP) is 6.55. The molecule has 3 aromatic rings. The number of hydrogen-bond donors (Lipinski definition) is 0. The van der Waals surface area contributed by atoms with Gasteiger partial charge in [-0.25, -0.2) is 9.59 Å². The standard InChI is InChI=1S/C29H27O6P/c1-18(2)27(30)33-24-16-15-20(17-25(24)34-28(31)19(3)4)29(5,6)36(32)26-14-10-8-12-22(26)21-11-7-9-13-23(21)35-36/h7-17H,1,3H2,2,4-6H3. The molecule has 0 fully saturated rings. The molecular formula is C29H27O6P. The number of para-hydroxylation sites is 1. The Morgan fingerprint density at radius 2 is 1.36 bits per heavy atom. The van der Waals surface area contributed by atoms with Crippen LogP contribution in [0.25, 0.3) is 11.1 Å². The van der Waals surface area contributed by atoms with Crippen molar-refractivity contribution in [2.45, 2.75) is 32.9 Å². The van der Waals surface area contributed by atoms with Gasteiger partial charge in [0.1, 0.15) is 5.75 Å². The molecule has 0 N–H and O–H groups in total. The Morgan fingerprint density at radius 1 is 0.806 bits per heavy atom. The minimum Gasteiger partial charge on any atom is -0.439 e. The highest BCUT2D eigenvalue weighted by Gasteiger charge is 2.49. The molecule has 0 bridgehead atoms. The molecule has 0 aromatic heterocycles. The number of esters is 2. The third-order valence-electron chi connectivity index (χ3n) is 6.11. The minimum atomic E-state index is -3.57. The van der Waals surface area contributed by atoms with Crippen molar-refractivity contribution in [2.75, 3.05) is 0 Å². The largest absolute Gasteiger partial charge is 0.439 e. The van der Waals surface area contributed by atoms with E-state index in [1.54, 1.807) is 18.2 Å². The van der Waals surface area contributed by atoms with Gasteiger partial charge in [-0.2, -0.15) is 0 Å². The van der Waals surface area contributed by atoms with Crippen LogP contribution in [0.4, 0.5) is 0 Å².